The monoisotopic (exact) mass is 662 g/mol. The molecule has 220 valence electrons. The van der Waals surface area contributed by atoms with Gasteiger partial charge in [-0.3, -0.25) is 9.59 Å². The first-order valence-corrected chi connectivity index (χ1v) is 11.6. The number of amides is 1. The van der Waals surface area contributed by atoms with E-state index in [-0.39, 0.29) is 17.7 Å². The van der Waals surface area contributed by atoms with Crippen LogP contribution in [0.2, 0.25) is 0 Å². The Labute approximate surface area is 231 Å². The third-order valence-electron chi connectivity index (χ3n) is 5.50. The molecule has 0 bridgehead atoms. The molecule has 1 N–H and O–H groups in total. The van der Waals surface area contributed by atoms with Crippen molar-refractivity contribution in [1.29, 1.82) is 0 Å². The van der Waals surface area contributed by atoms with E-state index < -0.39 is 81.2 Å². The lowest BCUT2D eigenvalue weighted by molar-refractivity contribution is -0.605. The molecule has 0 aliphatic carbocycles. The molecule has 0 aliphatic rings. The zero-order valence-corrected chi connectivity index (χ0v) is 21.3. The van der Waals surface area contributed by atoms with Gasteiger partial charge in [0.05, 0.1) is 16.8 Å². The van der Waals surface area contributed by atoms with Crippen LogP contribution in [0.25, 0.3) is 0 Å². The summed E-state index contributed by atoms with van der Waals surface area (Å²) < 4.78 is 138. The smallest absolute Gasteiger partial charge is 0.435 e. The van der Waals surface area contributed by atoms with Crippen LogP contribution in [0.3, 0.4) is 0 Å². The molecule has 0 unspecified atom stereocenters. The number of benzene rings is 2. The third kappa shape index (κ3) is 6.55. The Balaban J connectivity index is 2.01. The fourth-order valence-electron chi connectivity index (χ4n) is 3.53. The molecule has 3 aromatic rings. The average Bonchev–Trinajstić information content (AvgIpc) is 2.85. The van der Waals surface area contributed by atoms with Crippen LogP contribution in [-0.2, 0) is 12.1 Å². The second-order valence-corrected chi connectivity index (χ2v) is 8.99. The minimum absolute atomic E-state index is 0.0135. The first-order chi connectivity index (χ1) is 18.9. The lowest BCUT2D eigenvalue weighted by Gasteiger charge is -2.31. The number of pyridine rings is 1. The van der Waals surface area contributed by atoms with E-state index in [1.165, 1.54) is 0 Å². The number of ether oxygens (including phenoxy) is 1. The highest BCUT2D eigenvalue weighted by Gasteiger charge is 2.73. The first kappa shape index (κ1) is 31.6. The summed E-state index contributed by atoms with van der Waals surface area (Å²) in [6.45, 7) is -3.83. The molecule has 0 atom stereocenters. The fourth-order valence-corrected chi connectivity index (χ4v) is 4.11. The van der Waals surface area contributed by atoms with Crippen molar-refractivity contribution in [2.75, 3.05) is 5.32 Å². The molecule has 0 aliphatic heterocycles. The number of carbonyl (C=O) groups is 2. The summed E-state index contributed by atoms with van der Waals surface area (Å²) in [5.41, 5.74) is -10.3. The molecule has 6 nitrogen and oxygen atoms in total. The quantitative estimate of drug-likeness (QED) is 0.125. The van der Waals surface area contributed by atoms with Gasteiger partial charge in [-0.25, -0.2) is 8.78 Å². The Morgan fingerprint density at radius 3 is 2.10 bits per heavy atom. The Hall–Kier alpha value is -3.89. The number of nitrogens with zero attached hydrogens (tertiary/aromatic N) is 1. The number of ketones is 1. The highest BCUT2D eigenvalue weighted by atomic mass is 79.9. The summed E-state index contributed by atoms with van der Waals surface area (Å²) in [6.07, 6.45) is -12.3. The van der Waals surface area contributed by atoms with E-state index in [9.17, 15) is 54.3 Å². The average molecular weight is 663 g/mol. The van der Waals surface area contributed by atoms with E-state index in [0.717, 1.165) is 42.7 Å². The van der Waals surface area contributed by atoms with Crippen LogP contribution in [0.15, 0.2) is 59.3 Å². The Morgan fingerprint density at radius 2 is 1.56 bits per heavy atom. The Bertz CT molecular complexity index is 1450. The zero-order chi connectivity index (χ0) is 30.9. The SMILES string of the molecule is O=C(Nc1cccc(C(=O)Cc2c(Br)cc(C(F)(C(F)(F)F)C(F)(F)F)cc2OC(F)F)c1F)c1cc[n+]([O-])cc1. The summed E-state index contributed by atoms with van der Waals surface area (Å²) in [4.78, 5) is 25.2. The molecule has 1 aromatic heterocycles. The van der Waals surface area contributed by atoms with Gasteiger partial charge in [0.2, 0.25) is 0 Å². The summed E-state index contributed by atoms with van der Waals surface area (Å²) >= 11 is 2.56. The number of anilines is 1. The number of aromatic nitrogens is 1. The largest absolute Gasteiger partial charge is 0.619 e. The highest BCUT2D eigenvalue weighted by molar-refractivity contribution is 9.10. The van der Waals surface area contributed by atoms with Crippen molar-refractivity contribution in [3.63, 3.8) is 0 Å². The van der Waals surface area contributed by atoms with Gasteiger partial charge in [-0.05, 0) is 24.3 Å². The van der Waals surface area contributed by atoms with E-state index in [2.05, 4.69) is 26.0 Å². The predicted molar refractivity (Wildman–Crippen MR) is 123 cm³/mol. The maximum Gasteiger partial charge on any atom is 0.435 e. The molecule has 0 saturated carbocycles. The minimum atomic E-state index is -6.58. The van der Waals surface area contributed by atoms with Gasteiger partial charge in [-0.2, -0.15) is 39.9 Å². The first-order valence-electron chi connectivity index (χ1n) is 10.8. The molecule has 0 spiro atoms. The molecule has 3 rings (SSSR count). The molecule has 1 heterocycles. The van der Waals surface area contributed by atoms with Crippen LogP contribution < -0.4 is 14.8 Å². The van der Waals surface area contributed by atoms with Crippen molar-refractivity contribution < 1.29 is 63.0 Å². The molecular weight excluding hydrogens is 650 g/mol. The predicted octanol–water partition coefficient (Wildman–Crippen LogP) is 6.79. The number of Topliss-reactive ketones (excluding diaryl/α,β-unsaturated/α-hetero) is 1. The molecule has 17 heteroatoms. The topological polar surface area (TPSA) is 82.3 Å². The summed E-state index contributed by atoms with van der Waals surface area (Å²) in [5.74, 6) is -4.89. The normalized spacial score (nSPS) is 12.4. The molecule has 41 heavy (non-hydrogen) atoms. The second-order valence-electron chi connectivity index (χ2n) is 8.14. The van der Waals surface area contributed by atoms with E-state index in [1.807, 2.05) is 0 Å². The van der Waals surface area contributed by atoms with Gasteiger partial charge < -0.3 is 15.3 Å². The lowest BCUT2D eigenvalue weighted by atomic mass is 9.91. The molecule has 2 aromatic carbocycles. The van der Waals surface area contributed by atoms with Gasteiger partial charge >= 0.3 is 24.6 Å². The van der Waals surface area contributed by atoms with Gasteiger partial charge in [0.1, 0.15) is 5.75 Å². The number of hydrogen-bond donors (Lipinski definition) is 1. The van der Waals surface area contributed by atoms with Crippen LogP contribution in [0.1, 0.15) is 31.8 Å². The number of halogens is 11. The van der Waals surface area contributed by atoms with E-state index in [4.69, 9.17) is 0 Å². The van der Waals surface area contributed by atoms with Gasteiger partial charge in [-0.15, -0.1) is 0 Å². The number of carbonyl (C=O) groups excluding carboxylic acids is 2. The van der Waals surface area contributed by atoms with Crippen molar-refractivity contribution in [2.24, 2.45) is 0 Å². The number of hydrogen-bond acceptors (Lipinski definition) is 4. The second kappa shape index (κ2) is 11.5. The molecular formula is C24H13BrF10N2O4. The van der Waals surface area contributed by atoms with Crippen LogP contribution >= 0.6 is 15.9 Å². The molecule has 1 amide bonds. The van der Waals surface area contributed by atoms with Gasteiger partial charge in [0.15, 0.2) is 24.0 Å². The van der Waals surface area contributed by atoms with Crippen LogP contribution in [0.5, 0.6) is 5.75 Å². The van der Waals surface area contributed by atoms with E-state index in [1.54, 1.807) is 0 Å². The molecule has 0 fully saturated rings. The number of rotatable bonds is 8. The van der Waals surface area contributed by atoms with Crippen LogP contribution in [0.4, 0.5) is 49.6 Å². The fraction of sp³-hybridized carbons (Fsp3) is 0.208. The van der Waals surface area contributed by atoms with Crippen molar-refractivity contribution in [2.45, 2.75) is 31.1 Å². The maximum atomic E-state index is 15.1. The van der Waals surface area contributed by atoms with Crippen molar-refractivity contribution in [3.05, 3.63) is 92.6 Å². The summed E-state index contributed by atoms with van der Waals surface area (Å²) in [6, 6.07) is 4.94. The highest BCUT2D eigenvalue weighted by Crippen LogP contribution is 2.54. The summed E-state index contributed by atoms with van der Waals surface area (Å²) in [5, 5.41) is 13.2. The standard InChI is InChI=1S/C24H13BrF10N2O4/c25-15-8-12(22(29,23(30,31)32)24(33,34)35)9-18(41-21(27)28)14(15)10-17(38)13-2-1-3-16(19(13)26)36-20(39)11-4-6-37(40)7-5-11/h1-9,21H,10H2,(H,36,39). The van der Waals surface area contributed by atoms with Crippen LogP contribution in [-0.4, -0.2) is 30.7 Å². The van der Waals surface area contributed by atoms with E-state index >= 15 is 4.39 Å². The van der Waals surface area contributed by atoms with Crippen molar-refractivity contribution in [3.8, 4) is 5.75 Å². The van der Waals surface area contributed by atoms with Gasteiger partial charge in [0.25, 0.3) is 5.91 Å². The number of alkyl halides is 9. The summed E-state index contributed by atoms with van der Waals surface area (Å²) in [7, 11) is 0. The Kier molecular flexibility index (Phi) is 8.90. The van der Waals surface area contributed by atoms with Gasteiger partial charge in [0, 0.05) is 34.2 Å². The zero-order valence-electron chi connectivity index (χ0n) is 19.7. The third-order valence-corrected chi connectivity index (χ3v) is 6.21. The van der Waals surface area contributed by atoms with Gasteiger partial charge in [-0.1, -0.05) is 22.0 Å². The van der Waals surface area contributed by atoms with E-state index in [0.29, 0.717) is 4.73 Å². The Morgan fingerprint density at radius 1 is 0.976 bits per heavy atom. The minimum Gasteiger partial charge on any atom is -0.619 e. The maximum absolute atomic E-state index is 15.1. The molecule has 0 saturated heterocycles. The van der Waals surface area contributed by atoms with Crippen LogP contribution in [0, 0.1) is 11.0 Å². The number of nitrogens with one attached hydrogen (secondary N) is 1. The van der Waals surface area contributed by atoms with Crippen molar-refractivity contribution >= 4 is 33.3 Å². The lowest BCUT2D eigenvalue weighted by Crippen LogP contribution is -2.50. The molecule has 0 radical (unpaired) electrons. The van der Waals surface area contributed by atoms with Crippen molar-refractivity contribution in [1.82, 2.24) is 0 Å².